The Morgan fingerprint density at radius 2 is 1.71 bits per heavy atom. The van der Waals surface area contributed by atoms with Gasteiger partial charge in [-0.3, -0.25) is 10.2 Å². The standard InChI is InChI=1S/C33H30N4OS.CH3.Sb/c34-32(35)24-16-15-23-19-31(33(38)36-26-10-3-1-4-11-26)37(30(23)20-24)21-25-18-28(39-27-12-5-2-6-13-27)17-22-9-7-8-14-29(22)25;;/h2,5-10,12-20H,1,3-4,11,21H2,(H3,34,35)(H,36,38);1H3;. The summed E-state index contributed by atoms with van der Waals surface area (Å²) >= 11 is 3.48. The van der Waals surface area contributed by atoms with Crippen molar-refractivity contribution >= 4 is 68.2 Å². The molecule has 0 unspecified atom stereocenters. The number of aromatic nitrogens is 1. The molecule has 0 saturated carbocycles. The van der Waals surface area contributed by atoms with Gasteiger partial charge in [0, 0.05) is 38.5 Å². The maximum absolute atomic E-state index is 13.6. The van der Waals surface area contributed by atoms with Crippen molar-refractivity contribution < 1.29 is 4.79 Å². The molecule has 0 aliphatic heterocycles. The fraction of sp³-hybridized carbons (Fsp3) is 0.176. The average Bonchev–Trinajstić information content (AvgIpc) is 3.37. The molecule has 5 aromatic rings. The molecule has 1 aromatic heterocycles. The molecule has 1 aliphatic rings. The van der Waals surface area contributed by atoms with Gasteiger partial charge in [-0.15, -0.1) is 0 Å². The van der Waals surface area contributed by atoms with Crippen LogP contribution in [0.4, 0.5) is 0 Å². The fourth-order valence-electron chi connectivity index (χ4n) is 5.29. The van der Waals surface area contributed by atoms with Crippen LogP contribution in [-0.4, -0.2) is 39.3 Å². The summed E-state index contributed by atoms with van der Waals surface area (Å²) in [6, 6.07) is 30.9. The van der Waals surface area contributed by atoms with Crippen LogP contribution in [0.25, 0.3) is 21.7 Å². The summed E-state index contributed by atoms with van der Waals surface area (Å²) in [5.41, 5.74) is 10.1. The Bertz CT molecular complexity index is 1740. The van der Waals surface area contributed by atoms with Crippen LogP contribution in [0, 0.1) is 5.41 Å². The Morgan fingerprint density at radius 3 is 2.46 bits per heavy atom. The fourth-order valence-corrected chi connectivity index (χ4v) is 6.24. The molecule has 4 aromatic carbocycles. The SMILES string of the molecule is N=C(N)c1ccc2cc(C(=O)NC3=CCCCC3)n(Cc3cc(Sc4ccccc4)cc4ccccc34)c2c1.[CH3][Sb]. The van der Waals surface area contributed by atoms with Gasteiger partial charge >= 0.3 is 27.9 Å². The van der Waals surface area contributed by atoms with Gasteiger partial charge in [-0.1, -0.05) is 72.4 Å². The van der Waals surface area contributed by atoms with Gasteiger partial charge in [0.15, 0.2) is 0 Å². The Labute approximate surface area is 259 Å². The number of benzene rings is 4. The zero-order valence-electron chi connectivity index (χ0n) is 23.1. The summed E-state index contributed by atoms with van der Waals surface area (Å²) in [5.74, 6) is -0.0995. The van der Waals surface area contributed by atoms with E-state index in [-0.39, 0.29) is 11.7 Å². The molecule has 0 bridgehead atoms. The average molecular weight is 667 g/mol. The number of nitrogens with two attached hydrogens (primary N) is 1. The zero-order chi connectivity index (χ0) is 28.8. The van der Waals surface area contributed by atoms with Crippen LogP contribution >= 0.6 is 11.8 Å². The molecule has 6 rings (SSSR count). The van der Waals surface area contributed by atoms with E-state index in [0.29, 0.717) is 17.8 Å². The van der Waals surface area contributed by atoms with Crippen molar-refractivity contribution in [1.82, 2.24) is 9.88 Å². The number of nitrogen functional groups attached to an aromatic ring is 1. The molecule has 0 saturated heterocycles. The second-order valence-electron chi connectivity index (χ2n) is 9.95. The first-order chi connectivity index (χ1) is 20.0. The molecule has 7 heteroatoms. The van der Waals surface area contributed by atoms with Gasteiger partial charge in [0.25, 0.3) is 5.91 Å². The van der Waals surface area contributed by atoms with Crippen LogP contribution in [0.3, 0.4) is 0 Å². The first-order valence-corrected chi connectivity index (χ1v) is 17.1. The van der Waals surface area contributed by atoms with Crippen molar-refractivity contribution in [2.24, 2.45) is 5.73 Å². The molecule has 0 atom stereocenters. The molecule has 206 valence electrons. The predicted octanol–water partition coefficient (Wildman–Crippen LogP) is 7.67. The van der Waals surface area contributed by atoms with Crippen LogP contribution in [0.2, 0.25) is 4.87 Å². The molecule has 0 spiro atoms. The van der Waals surface area contributed by atoms with Crippen molar-refractivity contribution in [3.05, 3.63) is 120 Å². The number of nitrogens with zero attached hydrogens (tertiary/aromatic N) is 1. The van der Waals surface area contributed by atoms with E-state index in [0.717, 1.165) is 63.5 Å². The number of allylic oxidation sites excluding steroid dienone is 2. The molecular weight excluding hydrogens is 634 g/mol. The van der Waals surface area contributed by atoms with Crippen LogP contribution in [0.1, 0.15) is 47.3 Å². The van der Waals surface area contributed by atoms with E-state index in [1.165, 1.54) is 4.90 Å². The van der Waals surface area contributed by atoms with Gasteiger partial charge < -0.3 is 15.6 Å². The Balaban J connectivity index is 0.00000165. The van der Waals surface area contributed by atoms with Gasteiger partial charge in [0.1, 0.15) is 11.5 Å². The third-order valence-corrected chi connectivity index (χ3v) is 8.22. The quantitative estimate of drug-likeness (QED) is 0.0947. The Hall–Kier alpha value is -3.47. The summed E-state index contributed by atoms with van der Waals surface area (Å²) in [6.45, 7) is 0.510. The van der Waals surface area contributed by atoms with Crippen molar-refractivity contribution in [1.29, 1.82) is 5.41 Å². The molecule has 5 nitrogen and oxygen atoms in total. The molecule has 2 radical (unpaired) electrons. The number of carbonyl (C=O) groups is 1. The summed E-state index contributed by atoms with van der Waals surface area (Å²) in [4.78, 5) is 18.0. The van der Waals surface area contributed by atoms with E-state index in [1.54, 1.807) is 34.8 Å². The molecule has 1 heterocycles. The van der Waals surface area contributed by atoms with E-state index < -0.39 is 0 Å². The predicted molar refractivity (Wildman–Crippen MR) is 172 cm³/mol. The van der Waals surface area contributed by atoms with Gasteiger partial charge in [-0.05, 0) is 78.4 Å². The maximum atomic E-state index is 13.6. The number of nitrogens with one attached hydrogen (secondary N) is 2. The van der Waals surface area contributed by atoms with Crippen LogP contribution < -0.4 is 11.1 Å². The van der Waals surface area contributed by atoms with Crippen LogP contribution in [-0.2, 0) is 6.54 Å². The topological polar surface area (TPSA) is 83.9 Å². The summed E-state index contributed by atoms with van der Waals surface area (Å²) in [7, 11) is 0. The van der Waals surface area contributed by atoms with E-state index in [9.17, 15) is 4.79 Å². The normalized spacial score (nSPS) is 12.9. The second kappa shape index (κ2) is 13.5. The molecule has 0 fully saturated rings. The van der Waals surface area contributed by atoms with E-state index >= 15 is 0 Å². The number of amidine groups is 1. The van der Waals surface area contributed by atoms with Crippen molar-refractivity contribution in [2.45, 2.75) is 46.9 Å². The zero-order valence-corrected chi connectivity index (χ0v) is 26.4. The monoisotopic (exact) mass is 666 g/mol. The van der Waals surface area contributed by atoms with Gasteiger partial charge in [0.05, 0.1) is 0 Å². The molecule has 41 heavy (non-hydrogen) atoms. The second-order valence-corrected chi connectivity index (χ2v) is 11.1. The van der Waals surface area contributed by atoms with Crippen molar-refractivity contribution in [2.75, 3.05) is 0 Å². The van der Waals surface area contributed by atoms with Gasteiger partial charge in [-0.25, -0.2) is 0 Å². The molecule has 1 aliphatic carbocycles. The first kappa shape index (κ1) is 29.0. The summed E-state index contributed by atoms with van der Waals surface area (Å²) < 4.78 is 2.07. The minimum atomic E-state index is -0.108. The third-order valence-electron chi connectivity index (χ3n) is 7.24. The van der Waals surface area contributed by atoms with E-state index in [2.05, 4.69) is 81.5 Å². The number of amides is 1. The number of carbonyl (C=O) groups excluding carboxylic acids is 1. The molecule has 4 N–H and O–H groups in total. The van der Waals surface area contributed by atoms with E-state index in [1.807, 2.05) is 30.3 Å². The van der Waals surface area contributed by atoms with Gasteiger partial charge in [-0.2, -0.15) is 0 Å². The summed E-state index contributed by atoms with van der Waals surface area (Å²) in [5, 5.41) is 14.4. The Morgan fingerprint density at radius 1 is 0.927 bits per heavy atom. The Kier molecular flexibility index (Phi) is 9.53. The number of hydrogen-bond acceptors (Lipinski definition) is 3. The number of fused-ring (bicyclic) bond motifs is 2. The number of rotatable bonds is 7. The van der Waals surface area contributed by atoms with Crippen LogP contribution in [0.5, 0.6) is 0 Å². The minimum absolute atomic E-state index is 0.00900. The number of hydrogen-bond donors (Lipinski definition) is 3. The summed E-state index contributed by atoms with van der Waals surface area (Å²) in [6.07, 6.45) is 6.29. The van der Waals surface area contributed by atoms with Gasteiger partial charge in [0.2, 0.25) is 0 Å². The molecular formula is C34H33N4OSSb. The first-order valence-electron chi connectivity index (χ1n) is 13.7. The van der Waals surface area contributed by atoms with Crippen molar-refractivity contribution in [3.8, 4) is 0 Å². The third kappa shape index (κ3) is 6.72. The van der Waals surface area contributed by atoms with Crippen LogP contribution in [0.15, 0.2) is 113 Å². The van der Waals surface area contributed by atoms with Crippen molar-refractivity contribution in [3.63, 3.8) is 0 Å². The van der Waals surface area contributed by atoms with E-state index in [4.69, 9.17) is 11.1 Å². The molecule has 1 amide bonds.